The minimum Gasteiger partial charge on any atom is -0.365 e. The van der Waals surface area contributed by atoms with Crippen LogP contribution in [0, 0.1) is 11.3 Å². The van der Waals surface area contributed by atoms with Crippen LogP contribution in [0.25, 0.3) is 0 Å². The van der Waals surface area contributed by atoms with Crippen LogP contribution in [0.1, 0.15) is 27.9 Å². The van der Waals surface area contributed by atoms with E-state index in [-0.39, 0.29) is 6.42 Å². The second-order valence-corrected chi connectivity index (χ2v) is 8.15. The molecule has 1 aliphatic rings. The van der Waals surface area contributed by atoms with Crippen molar-refractivity contribution in [2.45, 2.75) is 32.2 Å². The molecular formula is C24H21F4N7O. The van der Waals surface area contributed by atoms with Gasteiger partial charge in [-0.2, -0.15) is 18.4 Å². The Labute approximate surface area is 204 Å². The number of pyridine rings is 1. The molecule has 2 N–H and O–H groups in total. The standard InChI is InChI=1S/C24H21F4N7O/c25-9-17-8-18(3-2-16(17)10-29)35-6-5-19-20(12-35)32-14-33-23(19)34-21-4-1-15(11-30-21)7-22(36)31-13-24(26,27)28/h1-4,8,11,14H,5-7,9,12-13H2,(H,31,36)(H,30,32,33,34). The van der Waals surface area contributed by atoms with Crippen LogP contribution in [0.15, 0.2) is 42.9 Å². The van der Waals surface area contributed by atoms with Gasteiger partial charge in [-0.1, -0.05) is 6.07 Å². The molecule has 2 aromatic heterocycles. The lowest BCUT2D eigenvalue weighted by Crippen LogP contribution is -2.34. The van der Waals surface area contributed by atoms with Crippen molar-refractivity contribution in [1.29, 1.82) is 5.26 Å². The van der Waals surface area contributed by atoms with Crippen molar-refractivity contribution >= 4 is 23.2 Å². The van der Waals surface area contributed by atoms with Crippen LogP contribution < -0.4 is 15.5 Å². The number of carbonyl (C=O) groups excluding carboxylic acids is 1. The zero-order valence-corrected chi connectivity index (χ0v) is 18.9. The molecule has 0 radical (unpaired) electrons. The second kappa shape index (κ2) is 10.6. The molecule has 0 atom stereocenters. The fourth-order valence-electron chi connectivity index (χ4n) is 3.85. The van der Waals surface area contributed by atoms with Gasteiger partial charge in [0, 0.05) is 29.6 Å². The molecular weight excluding hydrogens is 478 g/mol. The molecule has 0 saturated heterocycles. The number of benzene rings is 1. The van der Waals surface area contributed by atoms with Crippen LogP contribution in [0.4, 0.5) is 34.9 Å². The third kappa shape index (κ3) is 6.04. The predicted octanol–water partition coefficient (Wildman–Crippen LogP) is 3.74. The number of rotatable bonds is 7. The first-order valence-corrected chi connectivity index (χ1v) is 11.0. The van der Waals surface area contributed by atoms with Crippen molar-refractivity contribution in [3.8, 4) is 6.07 Å². The number of aromatic nitrogens is 3. The van der Waals surface area contributed by atoms with Gasteiger partial charge in [-0.05, 0) is 36.2 Å². The molecule has 0 fully saturated rings. The minimum absolute atomic E-state index is 0.221. The summed E-state index contributed by atoms with van der Waals surface area (Å²) in [6.45, 7) is -0.992. The van der Waals surface area contributed by atoms with E-state index in [9.17, 15) is 22.4 Å². The number of nitrogens with one attached hydrogen (secondary N) is 2. The summed E-state index contributed by atoms with van der Waals surface area (Å²) >= 11 is 0. The summed E-state index contributed by atoms with van der Waals surface area (Å²) in [7, 11) is 0. The molecule has 0 aliphatic carbocycles. The van der Waals surface area contributed by atoms with Crippen LogP contribution in [0.2, 0.25) is 0 Å². The number of nitrogens with zero attached hydrogens (tertiary/aromatic N) is 5. The largest absolute Gasteiger partial charge is 0.405 e. The Morgan fingerprint density at radius 1 is 1.17 bits per heavy atom. The maximum atomic E-state index is 13.3. The summed E-state index contributed by atoms with van der Waals surface area (Å²) in [4.78, 5) is 26.7. The van der Waals surface area contributed by atoms with Crippen molar-refractivity contribution in [3.63, 3.8) is 0 Å². The Morgan fingerprint density at radius 2 is 2.00 bits per heavy atom. The van der Waals surface area contributed by atoms with E-state index in [1.165, 1.54) is 12.5 Å². The maximum absolute atomic E-state index is 13.3. The topological polar surface area (TPSA) is 107 Å². The average Bonchev–Trinajstić information content (AvgIpc) is 2.87. The molecule has 12 heteroatoms. The molecule has 3 aromatic rings. The third-order valence-electron chi connectivity index (χ3n) is 5.65. The number of carbonyl (C=O) groups is 1. The third-order valence-corrected chi connectivity index (χ3v) is 5.65. The smallest absolute Gasteiger partial charge is 0.365 e. The van der Waals surface area contributed by atoms with E-state index < -0.39 is 25.3 Å². The fraction of sp³-hybridized carbons (Fsp3) is 0.292. The summed E-state index contributed by atoms with van der Waals surface area (Å²) in [5.74, 6) is 0.287. The van der Waals surface area contributed by atoms with E-state index in [4.69, 9.17) is 5.26 Å². The Hall–Kier alpha value is -4.27. The molecule has 3 heterocycles. The second-order valence-electron chi connectivity index (χ2n) is 8.15. The molecule has 0 unspecified atom stereocenters. The molecule has 36 heavy (non-hydrogen) atoms. The van der Waals surface area contributed by atoms with Gasteiger partial charge in [0.05, 0.1) is 30.3 Å². The number of anilines is 3. The summed E-state index contributed by atoms with van der Waals surface area (Å²) in [6, 6.07) is 10.3. The predicted molar refractivity (Wildman–Crippen MR) is 123 cm³/mol. The lowest BCUT2D eigenvalue weighted by atomic mass is 10.0. The fourth-order valence-corrected chi connectivity index (χ4v) is 3.85. The Balaban J connectivity index is 1.42. The Kier molecular flexibility index (Phi) is 7.28. The van der Waals surface area contributed by atoms with Crippen LogP contribution in [-0.2, 0) is 30.9 Å². The van der Waals surface area contributed by atoms with Crippen LogP contribution in [0.5, 0.6) is 0 Å². The SMILES string of the molecule is N#Cc1ccc(N2CCc3c(ncnc3Nc3ccc(CC(=O)NCC(F)(F)F)cn3)C2)cc1CF. The van der Waals surface area contributed by atoms with E-state index in [0.29, 0.717) is 47.8 Å². The molecule has 0 saturated carbocycles. The first-order valence-electron chi connectivity index (χ1n) is 11.0. The summed E-state index contributed by atoms with van der Waals surface area (Å²) in [5.41, 5.74) is 3.63. The lowest BCUT2D eigenvalue weighted by Gasteiger charge is -2.31. The van der Waals surface area contributed by atoms with Crippen molar-refractivity contribution in [2.24, 2.45) is 0 Å². The van der Waals surface area contributed by atoms with Gasteiger partial charge in [0.1, 0.15) is 31.2 Å². The monoisotopic (exact) mass is 499 g/mol. The van der Waals surface area contributed by atoms with Crippen LogP contribution >= 0.6 is 0 Å². The molecule has 1 aliphatic heterocycles. The number of hydrogen-bond acceptors (Lipinski definition) is 7. The highest BCUT2D eigenvalue weighted by atomic mass is 19.4. The number of amides is 1. The summed E-state index contributed by atoms with van der Waals surface area (Å²) < 4.78 is 50.0. The molecule has 186 valence electrons. The van der Waals surface area contributed by atoms with E-state index >= 15 is 0 Å². The molecule has 8 nitrogen and oxygen atoms in total. The lowest BCUT2D eigenvalue weighted by molar-refractivity contribution is -0.138. The van der Waals surface area contributed by atoms with E-state index in [2.05, 4.69) is 25.2 Å². The summed E-state index contributed by atoms with van der Waals surface area (Å²) in [6.07, 6.45) is -1.23. The van der Waals surface area contributed by atoms with E-state index in [1.54, 1.807) is 30.3 Å². The Morgan fingerprint density at radius 3 is 2.69 bits per heavy atom. The van der Waals surface area contributed by atoms with Crippen molar-refractivity contribution in [3.05, 3.63) is 70.8 Å². The number of halogens is 4. The quantitative estimate of drug-likeness (QED) is 0.477. The normalized spacial score (nSPS) is 13.0. The van der Waals surface area contributed by atoms with Crippen LogP contribution in [-0.4, -0.2) is 40.1 Å². The number of hydrogen-bond donors (Lipinski definition) is 2. The van der Waals surface area contributed by atoms with Gasteiger partial charge in [0.2, 0.25) is 5.91 Å². The van der Waals surface area contributed by atoms with Crippen molar-refractivity contribution < 1.29 is 22.4 Å². The molecule has 4 rings (SSSR count). The van der Waals surface area contributed by atoms with E-state index in [0.717, 1.165) is 16.9 Å². The molecule has 1 aromatic carbocycles. The number of fused-ring (bicyclic) bond motifs is 1. The highest BCUT2D eigenvalue weighted by Crippen LogP contribution is 2.29. The highest BCUT2D eigenvalue weighted by molar-refractivity contribution is 5.78. The maximum Gasteiger partial charge on any atom is 0.405 e. The molecule has 0 spiro atoms. The molecule has 0 bridgehead atoms. The van der Waals surface area contributed by atoms with Crippen LogP contribution in [0.3, 0.4) is 0 Å². The highest BCUT2D eigenvalue weighted by Gasteiger charge is 2.27. The number of alkyl halides is 4. The van der Waals surface area contributed by atoms with Gasteiger partial charge in [0.25, 0.3) is 0 Å². The number of nitriles is 1. The first kappa shape index (κ1) is 24.8. The van der Waals surface area contributed by atoms with Crippen molar-refractivity contribution in [1.82, 2.24) is 20.3 Å². The average molecular weight is 499 g/mol. The van der Waals surface area contributed by atoms with E-state index in [1.807, 2.05) is 11.4 Å². The summed E-state index contributed by atoms with van der Waals surface area (Å²) in [5, 5.41) is 14.1. The molecule has 1 amide bonds. The van der Waals surface area contributed by atoms with Gasteiger partial charge in [-0.25, -0.2) is 19.3 Å². The van der Waals surface area contributed by atoms with Crippen molar-refractivity contribution in [2.75, 3.05) is 23.3 Å². The van der Waals surface area contributed by atoms with Gasteiger partial charge in [-0.3, -0.25) is 4.79 Å². The van der Waals surface area contributed by atoms with Gasteiger partial charge < -0.3 is 15.5 Å². The van der Waals surface area contributed by atoms with Gasteiger partial charge in [-0.15, -0.1) is 0 Å². The first-order chi connectivity index (χ1) is 17.3. The zero-order valence-electron chi connectivity index (χ0n) is 18.9. The van der Waals surface area contributed by atoms with Gasteiger partial charge in [0.15, 0.2) is 0 Å². The van der Waals surface area contributed by atoms with Gasteiger partial charge >= 0.3 is 6.18 Å². The Bertz CT molecular complexity index is 1290. The zero-order chi connectivity index (χ0) is 25.7. The minimum atomic E-state index is -4.46.